The van der Waals surface area contributed by atoms with E-state index in [2.05, 4.69) is 10.9 Å². The Morgan fingerprint density at radius 1 is 1.11 bits per heavy atom. The van der Waals surface area contributed by atoms with Crippen LogP contribution in [0.1, 0.15) is 31.0 Å². The number of methoxy groups -OCH3 is 1. The van der Waals surface area contributed by atoms with Gasteiger partial charge in [0.05, 0.1) is 36.5 Å². The first-order valence-electron chi connectivity index (χ1n) is 11.7. The number of fused-ring (bicyclic) bond motifs is 1. The number of benzene rings is 2. The van der Waals surface area contributed by atoms with E-state index in [9.17, 15) is 9.59 Å². The van der Waals surface area contributed by atoms with E-state index in [1.807, 2.05) is 32.0 Å². The van der Waals surface area contributed by atoms with Gasteiger partial charge in [-0.1, -0.05) is 35.5 Å². The van der Waals surface area contributed by atoms with E-state index in [4.69, 9.17) is 25.4 Å². The number of esters is 1. The second kappa shape index (κ2) is 11.6. The van der Waals surface area contributed by atoms with Crippen molar-refractivity contribution >= 4 is 23.4 Å². The molecule has 0 N–H and O–H groups in total. The van der Waals surface area contributed by atoms with Crippen LogP contribution in [0.3, 0.4) is 0 Å². The fourth-order valence-corrected chi connectivity index (χ4v) is 4.89. The van der Waals surface area contributed by atoms with Gasteiger partial charge in [-0.25, -0.2) is 9.79 Å². The number of nitrogens with zero attached hydrogens (tertiary/aromatic N) is 2. The van der Waals surface area contributed by atoms with Gasteiger partial charge >= 0.3 is 5.97 Å². The first-order chi connectivity index (χ1) is 18.0. The van der Waals surface area contributed by atoms with Crippen molar-refractivity contribution in [2.24, 2.45) is 4.99 Å². The first-order valence-corrected chi connectivity index (χ1v) is 12.5. The molecule has 0 fully saturated rings. The number of thiazole rings is 1. The van der Waals surface area contributed by atoms with Crippen LogP contribution in [0.25, 0.3) is 6.08 Å². The molecular weight excluding hydrogens is 492 g/mol. The average Bonchev–Trinajstić information content (AvgIpc) is 3.23. The summed E-state index contributed by atoms with van der Waals surface area (Å²) in [5.74, 6) is 3.60. The van der Waals surface area contributed by atoms with Gasteiger partial charge in [0, 0.05) is 6.20 Å². The second-order valence-corrected chi connectivity index (χ2v) is 8.82. The number of hydrogen-bond donors (Lipinski definition) is 0. The molecule has 3 aromatic rings. The molecule has 0 spiro atoms. The number of aromatic nitrogens is 1. The highest BCUT2D eigenvalue weighted by Gasteiger charge is 2.31. The minimum Gasteiger partial charge on any atom is -0.490 e. The quantitative estimate of drug-likeness (QED) is 0.320. The summed E-state index contributed by atoms with van der Waals surface area (Å²) < 4.78 is 23.9. The first kappa shape index (κ1) is 25.8. The zero-order valence-electron chi connectivity index (χ0n) is 20.7. The maximum absolute atomic E-state index is 13.6. The number of carbonyl (C=O) groups is 1. The lowest BCUT2D eigenvalue weighted by Gasteiger charge is -2.23. The van der Waals surface area contributed by atoms with Crippen molar-refractivity contribution in [3.63, 3.8) is 0 Å². The van der Waals surface area contributed by atoms with Crippen LogP contribution in [0.15, 0.2) is 64.0 Å². The van der Waals surface area contributed by atoms with Gasteiger partial charge in [0.2, 0.25) is 0 Å². The molecule has 2 heterocycles. The lowest BCUT2D eigenvalue weighted by atomic mass is 9.97. The molecule has 9 heteroatoms. The standard InChI is InChI=1S/C28H26N2O6S/c1-5-14-36-20-11-8-18(9-12-20)15-24-26(31)30-25(21(27(32)33-4)17-29-28(30)37-24)19-10-13-22(34-6-2)23(16-19)35-7-3/h1,8-13,15-17,25H,6-7,14H2,2-4H3/b24-15-/t25-/m0/s1. The lowest BCUT2D eigenvalue weighted by Crippen LogP contribution is -2.39. The van der Waals surface area contributed by atoms with E-state index in [1.54, 1.807) is 30.3 Å². The molecule has 8 nitrogen and oxygen atoms in total. The highest BCUT2D eigenvalue weighted by atomic mass is 32.1. The zero-order valence-corrected chi connectivity index (χ0v) is 21.5. The molecule has 37 heavy (non-hydrogen) atoms. The zero-order chi connectivity index (χ0) is 26.4. The molecule has 0 amide bonds. The Labute approximate surface area is 218 Å². The van der Waals surface area contributed by atoms with Crippen molar-refractivity contribution in [1.29, 1.82) is 0 Å². The van der Waals surface area contributed by atoms with E-state index < -0.39 is 12.0 Å². The van der Waals surface area contributed by atoms with E-state index in [-0.39, 0.29) is 17.7 Å². The van der Waals surface area contributed by atoms with Crippen LogP contribution < -0.4 is 29.1 Å². The molecule has 0 unspecified atom stereocenters. The predicted octanol–water partition coefficient (Wildman–Crippen LogP) is 2.83. The van der Waals surface area contributed by atoms with Gasteiger partial charge in [-0.2, -0.15) is 0 Å². The monoisotopic (exact) mass is 518 g/mol. The molecule has 1 atom stereocenters. The van der Waals surface area contributed by atoms with Crippen molar-refractivity contribution in [3.8, 4) is 29.6 Å². The molecule has 4 rings (SSSR count). The average molecular weight is 519 g/mol. The highest BCUT2D eigenvalue weighted by molar-refractivity contribution is 7.07. The molecule has 2 aromatic carbocycles. The summed E-state index contributed by atoms with van der Waals surface area (Å²) in [6, 6.07) is 11.9. The van der Waals surface area contributed by atoms with Crippen LogP contribution in [-0.4, -0.2) is 37.5 Å². The Morgan fingerprint density at radius 2 is 1.84 bits per heavy atom. The summed E-state index contributed by atoms with van der Waals surface area (Å²) in [5, 5.41) is 0. The molecule has 1 aromatic heterocycles. The Kier molecular flexibility index (Phi) is 8.11. The lowest BCUT2D eigenvalue weighted by molar-refractivity contribution is -0.136. The SMILES string of the molecule is C#CCOc1ccc(/C=c2\sc3n(c2=O)[C@@H](c2ccc(OCC)c(OCC)c2)C(C(=O)OC)=CN=3)cc1. The summed E-state index contributed by atoms with van der Waals surface area (Å²) in [6.07, 6.45) is 8.47. The Bertz CT molecular complexity index is 1540. The molecule has 0 aliphatic carbocycles. The van der Waals surface area contributed by atoms with E-state index in [0.717, 1.165) is 5.56 Å². The minimum atomic E-state index is -0.750. The van der Waals surface area contributed by atoms with Gasteiger partial charge in [0.25, 0.3) is 5.56 Å². The van der Waals surface area contributed by atoms with Crippen molar-refractivity contribution in [2.45, 2.75) is 19.9 Å². The van der Waals surface area contributed by atoms with Crippen LogP contribution >= 0.6 is 11.3 Å². The van der Waals surface area contributed by atoms with Crippen molar-refractivity contribution in [2.75, 3.05) is 26.9 Å². The third kappa shape index (κ3) is 5.44. The van der Waals surface area contributed by atoms with Crippen LogP contribution in [0.2, 0.25) is 0 Å². The number of hydrogen-bond acceptors (Lipinski definition) is 8. The fourth-order valence-electron chi connectivity index (χ4n) is 3.92. The molecular formula is C28H26N2O6S. The highest BCUT2D eigenvalue weighted by Crippen LogP contribution is 2.35. The fraction of sp³-hybridized carbons (Fsp3) is 0.250. The van der Waals surface area contributed by atoms with Crippen LogP contribution in [0.4, 0.5) is 0 Å². The van der Waals surface area contributed by atoms with E-state index in [1.165, 1.54) is 29.2 Å². The largest absolute Gasteiger partial charge is 0.490 e. The molecule has 0 radical (unpaired) electrons. The Morgan fingerprint density at radius 3 is 2.51 bits per heavy atom. The third-order valence-electron chi connectivity index (χ3n) is 5.51. The summed E-state index contributed by atoms with van der Waals surface area (Å²) in [7, 11) is 1.30. The number of rotatable bonds is 9. The van der Waals surface area contributed by atoms with Crippen molar-refractivity contribution < 1.29 is 23.7 Å². The van der Waals surface area contributed by atoms with Crippen LogP contribution in [0.5, 0.6) is 17.2 Å². The van der Waals surface area contributed by atoms with Crippen molar-refractivity contribution in [1.82, 2.24) is 4.57 Å². The van der Waals surface area contributed by atoms with E-state index >= 15 is 0 Å². The van der Waals surface area contributed by atoms with Gasteiger partial charge in [-0.15, -0.1) is 6.42 Å². The maximum atomic E-state index is 13.6. The number of carbonyl (C=O) groups excluding carboxylic acids is 1. The molecule has 0 saturated heterocycles. The third-order valence-corrected chi connectivity index (χ3v) is 6.51. The van der Waals surface area contributed by atoms with Gasteiger partial charge in [0.15, 0.2) is 16.3 Å². The number of ether oxygens (including phenoxy) is 4. The molecule has 0 saturated carbocycles. The summed E-state index contributed by atoms with van der Waals surface area (Å²) in [6.45, 7) is 4.84. The van der Waals surface area contributed by atoms with Gasteiger partial charge in [0.1, 0.15) is 12.4 Å². The molecule has 0 bridgehead atoms. The summed E-state index contributed by atoms with van der Waals surface area (Å²) in [4.78, 5) is 31.2. The van der Waals surface area contributed by atoms with Crippen LogP contribution in [-0.2, 0) is 9.53 Å². The summed E-state index contributed by atoms with van der Waals surface area (Å²) >= 11 is 1.24. The predicted molar refractivity (Wildman–Crippen MR) is 141 cm³/mol. The van der Waals surface area contributed by atoms with Gasteiger partial charge in [-0.05, 0) is 55.3 Å². The smallest absolute Gasteiger partial charge is 0.337 e. The molecule has 1 aliphatic heterocycles. The second-order valence-electron chi connectivity index (χ2n) is 7.81. The van der Waals surface area contributed by atoms with Crippen molar-refractivity contribution in [3.05, 3.63) is 85.1 Å². The van der Waals surface area contributed by atoms with E-state index in [0.29, 0.717) is 45.4 Å². The van der Waals surface area contributed by atoms with Crippen LogP contribution in [0, 0.1) is 12.3 Å². The maximum Gasteiger partial charge on any atom is 0.337 e. The van der Waals surface area contributed by atoms with Gasteiger partial charge < -0.3 is 18.9 Å². The number of terminal acetylenes is 1. The minimum absolute atomic E-state index is 0.178. The molecule has 1 aliphatic rings. The van der Waals surface area contributed by atoms with Gasteiger partial charge in [-0.3, -0.25) is 9.36 Å². The Hall–Kier alpha value is -4.29. The topological polar surface area (TPSA) is 88.3 Å². The summed E-state index contributed by atoms with van der Waals surface area (Å²) in [5.41, 5.74) is 1.44. The Balaban J connectivity index is 1.82. The normalized spacial score (nSPS) is 14.6. The molecule has 190 valence electrons.